The molecule has 1 unspecified atom stereocenters. The fourth-order valence-electron chi connectivity index (χ4n) is 3.90. The lowest BCUT2D eigenvalue weighted by molar-refractivity contribution is 0.150. The number of rotatable bonds is 7. The zero-order valence-electron chi connectivity index (χ0n) is 18.7. The molecule has 7 heteroatoms. The molecule has 1 aromatic heterocycles. The molecule has 1 aromatic rings. The molecule has 0 radical (unpaired) electrons. The monoisotopic (exact) mass is 421 g/mol. The van der Waals surface area contributed by atoms with Gasteiger partial charge in [0.05, 0.1) is 17.3 Å². The van der Waals surface area contributed by atoms with Crippen molar-refractivity contribution in [2.45, 2.75) is 64.8 Å². The molecule has 3 rings (SSSR count). The van der Waals surface area contributed by atoms with Gasteiger partial charge in [-0.3, -0.25) is 4.99 Å². The van der Waals surface area contributed by atoms with Crippen molar-refractivity contribution < 1.29 is 4.74 Å². The summed E-state index contributed by atoms with van der Waals surface area (Å²) in [5.74, 6) is 1.69. The van der Waals surface area contributed by atoms with E-state index in [1.165, 1.54) is 49.6 Å². The van der Waals surface area contributed by atoms with E-state index in [1.54, 1.807) is 11.3 Å². The quantitative estimate of drug-likeness (QED) is 0.523. The zero-order chi connectivity index (χ0) is 20.7. The van der Waals surface area contributed by atoms with Crippen molar-refractivity contribution in [2.24, 2.45) is 10.9 Å². The Labute approximate surface area is 180 Å². The Morgan fingerprint density at radius 2 is 2.10 bits per heavy atom. The fourth-order valence-corrected chi connectivity index (χ4v) is 4.91. The summed E-state index contributed by atoms with van der Waals surface area (Å²) < 4.78 is 5.52. The molecular weight excluding hydrogens is 382 g/mol. The van der Waals surface area contributed by atoms with Gasteiger partial charge < -0.3 is 20.3 Å². The summed E-state index contributed by atoms with van der Waals surface area (Å²) in [5, 5.41) is 10.4. The summed E-state index contributed by atoms with van der Waals surface area (Å²) in [6, 6.07) is 0.510. The van der Waals surface area contributed by atoms with Gasteiger partial charge in [-0.25, -0.2) is 4.98 Å². The highest BCUT2D eigenvalue weighted by molar-refractivity contribution is 7.09. The minimum Gasteiger partial charge on any atom is -0.381 e. The molecule has 3 heterocycles. The number of guanidine groups is 1. The topological polar surface area (TPSA) is 61.8 Å². The molecule has 0 spiro atoms. The Bertz CT molecular complexity index is 640. The normalized spacial score (nSPS) is 22.2. The summed E-state index contributed by atoms with van der Waals surface area (Å²) in [7, 11) is 0. The van der Waals surface area contributed by atoms with Crippen LogP contribution in [-0.4, -0.2) is 67.8 Å². The van der Waals surface area contributed by atoms with Gasteiger partial charge in [-0.05, 0) is 32.1 Å². The maximum absolute atomic E-state index is 5.52. The van der Waals surface area contributed by atoms with Crippen molar-refractivity contribution >= 4 is 17.3 Å². The van der Waals surface area contributed by atoms with E-state index >= 15 is 0 Å². The van der Waals surface area contributed by atoms with Crippen molar-refractivity contribution in [1.82, 2.24) is 20.5 Å². The number of thiazole rings is 1. The summed E-state index contributed by atoms with van der Waals surface area (Å²) >= 11 is 1.75. The van der Waals surface area contributed by atoms with Crippen molar-refractivity contribution in [2.75, 3.05) is 45.9 Å². The number of nitrogens with one attached hydrogen (secondary N) is 2. The number of piperidine rings is 1. The number of hydrogen-bond donors (Lipinski definition) is 2. The molecule has 2 fully saturated rings. The van der Waals surface area contributed by atoms with Crippen LogP contribution in [0.3, 0.4) is 0 Å². The van der Waals surface area contributed by atoms with Gasteiger partial charge in [0.25, 0.3) is 0 Å². The van der Waals surface area contributed by atoms with Crippen LogP contribution < -0.4 is 10.6 Å². The molecular formula is C22H39N5OS. The van der Waals surface area contributed by atoms with Gasteiger partial charge in [-0.2, -0.15) is 0 Å². The molecule has 2 aliphatic heterocycles. The summed E-state index contributed by atoms with van der Waals surface area (Å²) in [4.78, 5) is 12.2. The minimum atomic E-state index is 0.119. The van der Waals surface area contributed by atoms with Crippen molar-refractivity contribution in [3.05, 3.63) is 16.1 Å². The first-order valence-electron chi connectivity index (χ1n) is 11.2. The standard InChI is InChI=1S/C22H39N5OS/c1-5-23-21(24-10-6-20-26-19(16-29-20)22(2,3)4)25-18-7-11-27(12-8-18)14-17-9-13-28-15-17/h16-18H,5-15H2,1-4H3,(H2,23,24,25). The lowest BCUT2D eigenvalue weighted by atomic mass is 9.93. The van der Waals surface area contributed by atoms with Crippen molar-refractivity contribution in [3.63, 3.8) is 0 Å². The van der Waals surface area contributed by atoms with E-state index in [4.69, 9.17) is 14.7 Å². The second-order valence-electron chi connectivity index (χ2n) is 9.34. The largest absolute Gasteiger partial charge is 0.381 e. The summed E-state index contributed by atoms with van der Waals surface area (Å²) in [6.07, 6.45) is 4.49. The molecule has 0 bridgehead atoms. The molecule has 0 aliphatic carbocycles. The van der Waals surface area contributed by atoms with Crippen LogP contribution in [0, 0.1) is 5.92 Å². The average molecular weight is 422 g/mol. The molecule has 2 saturated heterocycles. The van der Waals surface area contributed by atoms with Crippen LogP contribution in [0.2, 0.25) is 0 Å². The van der Waals surface area contributed by atoms with Crippen LogP contribution in [0.5, 0.6) is 0 Å². The number of likely N-dealkylation sites (tertiary alicyclic amines) is 1. The Kier molecular flexibility index (Phi) is 8.33. The van der Waals surface area contributed by atoms with Crippen LogP contribution in [0.1, 0.15) is 57.7 Å². The Morgan fingerprint density at radius 1 is 1.31 bits per heavy atom. The second kappa shape index (κ2) is 10.7. The first-order chi connectivity index (χ1) is 13.9. The van der Waals surface area contributed by atoms with Gasteiger partial charge >= 0.3 is 0 Å². The highest BCUT2D eigenvalue weighted by Crippen LogP contribution is 2.24. The second-order valence-corrected chi connectivity index (χ2v) is 10.3. The molecule has 6 nitrogen and oxygen atoms in total. The maximum atomic E-state index is 5.52. The fraction of sp³-hybridized carbons (Fsp3) is 0.818. The van der Waals surface area contributed by atoms with Crippen molar-refractivity contribution in [1.29, 1.82) is 0 Å². The molecule has 2 aliphatic rings. The van der Waals surface area contributed by atoms with Crippen LogP contribution in [0.4, 0.5) is 0 Å². The first-order valence-corrected chi connectivity index (χ1v) is 12.1. The smallest absolute Gasteiger partial charge is 0.191 e. The van der Waals surface area contributed by atoms with E-state index in [1.807, 2.05) is 0 Å². The molecule has 2 N–H and O–H groups in total. The molecule has 0 saturated carbocycles. The minimum absolute atomic E-state index is 0.119. The number of hydrogen-bond acceptors (Lipinski definition) is 5. The third-order valence-electron chi connectivity index (χ3n) is 5.73. The van der Waals surface area contributed by atoms with Gasteiger partial charge in [0.15, 0.2) is 5.96 Å². The van der Waals surface area contributed by atoms with Crippen LogP contribution >= 0.6 is 11.3 Å². The van der Waals surface area contributed by atoms with Crippen LogP contribution in [-0.2, 0) is 16.6 Å². The van der Waals surface area contributed by atoms with Gasteiger partial charge in [-0.1, -0.05) is 20.8 Å². The van der Waals surface area contributed by atoms with E-state index in [0.29, 0.717) is 6.04 Å². The van der Waals surface area contributed by atoms with E-state index in [0.717, 1.165) is 44.6 Å². The molecule has 0 amide bonds. The van der Waals surface area contributed by atoms with Crippen LogP contribution in [0.15, 0.2) is 10.4 Å². The highest BCUT2D eigenvalue weighted by Gasteiger charge is 2.24. The number of aromatic nitrogens is 1. The zero-order valence-corrected chi connectivity index (χ0v) is 19.5. The third-order valence-corrected chi connectivity index (χ3v) is 6.64. The first kappa shape index (κ1) is 22.5. The van der Waals surface area contributed by atoms with Gasteiger partial charge in [-0.15, -0.1) is 11.3 Å². The SMILES string of the molecule is CCNC(=NCCc1nc(C(C)(C)C)cs1)NC1CCN(CC2CCOC2)CC1. The van der Waals surface area contributed by atoms with E-state index in [-0.39, 0.29) is 5.41 Å². The average Bonchev–Trinajstić information content (AvgIpc) is 3.35. The Hall–Kier alpha value is -1.18. The summed E-state index contributed by atoms with van der Waals surface area (Å²) in [6.45, 7) is 15.9. The van der Waals surface area contributed by atoms with E-state index in [2.05, 4.69) is 48.6 Å². The Morgan fingerprint density at radius 3 is 2.72 bits per heavy atom. The number of nitrogens with zero attached hydrogens (tertiary/aromatic N) is 3. The van der Waals surface area contributed by atoms with E-state index < -0.39 is 0 Å². The molecule has 0 aromatic carbocycles. The predicted octanol–water partition coefficient (Wildman–Crippen LogP) is 3.04. The summed E-state index contributed by atoms with van der Waals surface area (Å²) in [5.41, 5.74) is 1.30. The van der Waals surface area contributed by atoms with E-state index in [9.17, 15) is 0 Å². The lowest BCUT2D eigenvalue weighted by Gasteiger charge is -2.34. The highest BCUT2D eigenvalue weighted by atomic mass is 32.1. The third kappa shape index (κ3) is 7.23. The predicted molar refractivity (Wildman–Crippen MR) is 122 cm³/mol. The molecule has 164 valence electrons. The van der Waals surface area contributed by atoms with Gasteiger partial charge in [0, 0.05) is 62.6 Å². The lowest BCUT2D eigenvalue weighted by Crippen LogP contribution is -2.49. The van der Waals surface area contributed by atoms with Crippen molar-refractivity contribution in [3.8, 4) is 0 Å². The number of aliphatic imine (C=N–C) groups is 1. The van der Waals surface area contributed by atoms with Gasteiger partial charge in [0.1, 0.15) is 0 Å². The Balaban J connectivity index is 1.42. The maximum Gasteiger partial charge on any atom is 0.191 e. The number of ether oxygens (including phenoxy) is 1. The van der Waals surface area contributed by atoms with Crippen LogP contribution in [0.25, 0.3) is 0 Å². The molecule has 1 atom stereocenters. The van der Waals surface area contributed by atoms with Gasteiger partial charge in [0.2, 0.25) is 0 Å². The molecule has 29 heavy (non-hydrogen) atoms.